The van der Waals surface area contributed by atoms with Crippen LogP contribution in [0, 0.1) is 16.7 Å². The highest BCUT2D eigenvalue weighted by Gasteiger charge is 2.48. The average molecular weight is 373 g/mol. The van der Waals surface area contributed by atoms with Crippen molar-refractivity contribution in [1.82, 2.24) is 9.55 Å². The van der Waals surface area contributed by atoms with E-state index in [0.717, 1.165) is 10.6 Å². The minimum absolute atomic E-state index is 0.168. The second kappa shape index (κ2) is 7.23. The predicted octanol–water partition coefficient (Wildman–Crippen LogP) is 0.896. The van der Waals surface area contributed by atoms with Crippen LogP contribution in [0.2, 0.25) is 0 Å². The molecular formula is C14H20N3O7P. The standard InChI is InChI=1S/C14H20N3O7P/c1-9(2)24-25(20,21)22-7-10-6-14(3,8-15)12(23-10)17-5-4-11(18)16-13(17)19/h4-5,9-10,12H,6-7H2,1-3H3,(H,20,21)(H,16,18,19)/t10?,12?,14-/m0/s1. The summed E-state index contributed by atoms with van der Waals surface area (Å²) in [5, 5.41) is 9.48. The number of ether oxygens (including phenoxy) is 1. The second-order valence-electron chi connectivity index (χ2n) is 6.28. The van der Waals surface area contributed by atoms with E-state index >= 15 is 0 Å². The number of aromatic nitrogens is 2. The molecule has 3 unspecified atom stereocenters. The first-order valence-electron chi connectivity index (χ1n) is 7.60. The van der Waals surface area contributed by atoms with Gasteiger partial charge in [0.05, 0.1) is 24.9 Å². The van der Waals surface area contributed by atoms with Gasteiger partial charge in [-0.3, -0.25) is 23.4 Å². The Labute approximate surface area is 143 Å². The highest BCUT2D eigenvalue weighted by Crippen LogP contribution is 2.48. The van der Waals surface area contributed by atoms with E-state index in [4.69, 9.17) is 13.8 Å². The molecule has 1 aliphatic rings. The summed E-state index contributed by atoms with van der Waals surface area (Å²) in [6, 6.07) is 3.24. The van der Waals surface area contributed by atoms with E-state index < -0.39 is 42.9 Å². The molecule has 1 aromatic rings. The van der Waals surface area contributed by atoms with Crippen LogP contribution in [0.25, 0.3) is 0 Å². The van der Waals surface area contributed by atoms with E-state index in [1.54, 1.807) is 20.8 Å². The van der Waals surface area contributed by atoms with Gasteiger partial charge in [-0.2, -0.15) is 5.26 Å². The molecule has 10 nitrogen and oxygen atoms in total. The van der Waals surface area contributed by atoms with Crippen molar-refractivity contribution < 1.29 is 23.2 Å². The largest absolute Gasteiger partial charge is 0.472 e. The third-order valence-electron chi connectivity index (χ3n) is 3.64. The Kier molecular flexibility index (Phi) is 5.66. The third kappa shape index (κ3) is 4.66. The van der Waals surface area contributed by atoms with E-state index in [9.17, 15) is 24.3 Å². The SMILES string of the molecule is CC(C)OP(=O)(O)OCC1C[C@@](C)(C#N)C(n2ccc(=O)[nH]c2=O)O1. The molecule has 2 rings (SSSR count). The molecule has 2 N–H and O–H groups in total. The molecule has 0 bridgehead atoms. The van der Waals surface area contributed by atoms with Gasteiger partial charge in [0.25, 0.3) is 5.56 Å². The van der Waals surface area contributed by atoms with E-state index in [1.807, 2.05) is 0 Å². The van der Waals surface area contributed by atoms with E-state index in [0.29, 0.717) is 0 Å². The van der Waals surface area contributed by atoms with Crippen LogP contribution in [0.3, 0.4) is 0 Å². The Bertz CT molecular complexity index is 827. The maximum atomic E-state index is 12.0. The molecule has 0 spiro atoms. The fourth-order valence-electron chi connectivity index (χ4n) is 2.61. The molecule has 1 saturated heterocycles. The lowest BCUT2D eigenvalue weighted by atomic mass is 9.87. The summed E-state index contributed by atoms with van der Waals surface area (Å²) in [5.74, 6) is 0. The van der Waals surface area contributed by atoms with Crippen LogP contribution >= 0.6 is 7.82 Å². The number of hydrogen-bond acceptors (Lipinski definition) is 7. The molecule has 1 fully saturated rings. The third-order valence-corrected chi connectivity index (χ3v) is 4.81. The summed E-state index contributed by atoms with van der Waals surface area (Å²) < 4.78 is 28.2. The predicted molar refractivity (Wildman–Crippen MR) is 85.6 cm³/mol. The van der Waals surface area contributed by atoms with Crippen LogP contribution in [0.1, 0.15) is 33.4 Å². The van der Waals surface area contributed by atoms with Crippen molar-refractivity contribution in [2.24, 2.45) is 5.41 Å². The lowest BCUT2D eigenvalue weighted by molar-refractivity contribution is -0.0442. The normalized spacial score (nSPS) is 28.6. The van der Waals surface area contributed by atoms with E-state index in [-0.39, 0.29) is 13.0 Å². The Morgan fingerprint density at radius 2 is 2.28 bits per heavy atom. The van der Waals surface area contributed by atoms with Gasteiger partial charge < -0.3 is 9.63 Å². The lowest BCUT2D eigenvalue weighted by Gasteiger charge is -2.23. The summed E-state index contributed by atoms with van der Waals surface area (Å²) in [6.45, 7) is 4.48. The van der Waals surface area contributed by atoms with Crippen molar-refractivity contribution in [3.05, 3.63) is 33.1 Å². The molecule has 138 valence electrons. The van der Waals surface area contributed by atoms with Crippen molar-refractivity contribution in [2.75, 3.05) is 6.61 Å². The van der Waals surface area contributed by atoms with Gasteiger partial charge in [0.2, 0.25) is 0 Å². The molecule has 0 radical (unpaired) electrons. The first kappa shape index (κ1) is 19.6. The first-order valence-corrected chi connectivity index (χ1v) is 9.10. The average Bonchev–Trinajstić information content (AvgIpc) is 2.82. The second-order valence-corrected chi connectivity index (χ2v) is 7.69. The number of nitrogens with zero attached hydrogens (tertiary/aromatic N) is 2. The van der Waals surface area contributed by atoms with Gasteiger partial charge in [0.1, 0.15) is 5.41 Å². The Hall–Kier alpha value is -1.76. The van der Waals surface area contributed by atoms with Crippen molar-refractivity contribution >= 4 is 7.82 Å². The molecule has 1 aromatic heterocycles. The zero-order valence-corrected chi connectivity index (χ0v) is 14.9. The van der Waals surface area contributed by atoms with Gasteiger partial charge >= 0.3 is 13.5 Å². The molecule has 0 aromatic carbocycles. The van der Waals surface area contributed by atoms with Crippen molar-refractivity contribution in [3.63, 3.8) is 0 Å². The quantitative estimate of drug-likeness (QED) is 0.700. The van der Waals surface area contributed by atoms with Crippen LogP contribution in [0.4, 0.5) is 0 Å². The molecule has 25 heavy (non-hydrogen) atoms. The number of H-pyrrole nitrogens is 1. The summed E-state index contributed by atoms with van der Waals surface area (Å²) in [6.07, 6.45) is -0.772. The molecule has 1 aliphatic heterocycles. The topological polar surface area (TPSA) is 144 Å². The number of hydrogen-bond donors (Lipinski definition) is 2. The molecule has 4 atom stereocenters. The molecule has 0 aliphatic carbocycles. The minimum atomic E-state index is -4.24. The molecule has 11 heteroatoms. The minimum Gasteiger partial charge on any atom is -0.350 e. The lowest BCUT2D eigenvalue weighted by Crippen LogP contribution is -2.36. The van der Waals surface area contributed by atoms with Crippen molar-refractivity contribution in [1.29, 1.82) is 5.26 Å². The summed E-state index contributed by atoms with van der Waals surface area (Å²) in [5.41, 5.74) is -2.37. The summed E-state index contributed by atoms with van der Waals surface area (Å²) >= 11 is 0. The maximum absolute atomic E-state index is 12.0. The van der Waals surface area contributed by atoms with Crippen LogP contribution in [0.15, 0.2) is 21.9 Å². The fourth-order valence-corrected chi connectivity index (χ4v) is 3.56. The molecule has 2 heterocycles. The Morgan fingerprint density at radius 3 is 2.84 bits per heavy atom. The smallest absolute Gasteiger partial charge is 0.350 e. The number of phosphoric ester groups is 1. The molecule has 0 amide bonds. The number of nitriles is 1. The summed E-state index contributed by atoms with van der Waals surface area (Å²) in [4.78, 5) is 34.8. The fraction of sp³-hybridized carbons (Fsp3) is 0.643. The zero-order chi connectivity index (χ0) is 18.8. The van der Waals surface area contributed by atoms with Crippen LogP contribution in [-0.4, -0.2) is 33.3 Å². The van der Waals surface area contributed by atoms with Gasteiger partial charge in [0, 0.05) is 12.3 Å². The van der Waals surface area contributed by atoms with Crippen molar-refractivity contribution in [2.45, 2.75) is 45.6 Å². The monoisotopic (exact) mass is 373 g/mol. The highest BCUT2D eigenvalue weighted by molar-refractivity contribution is 7.47. The number of nitrogens with one attached hydrogen (secondary N) is 1. The molecular weight excluding hydrogens is 353 g/mol. The van der Waals surface area contributed by atoms with Crippen LogP contribution in [0.5, 0.6) is 0 Å². The number of rotatable bonds is 6. The maximum Gasteiger partial charge on any atom is 0.472 e. The van der Waals surface area contributed by atoms with Crippen LogP contribution in [-0.2, 0) is 18.3 Å². The van der Waals surface area contributed by atoms with Gasteiger partial charge in [-0.05, 0) is 27.2 Å². The Morgan fingerprint density at radius 1 is 1.60 bits per heavy atom. The van der Waals surface area contributed by atoms with Crippen molar-refractivity contribution in [3.8, 4) is 6.07 Å². The Balaban J connectivity index is 2.16. The van der Waals surface area contributed by atoms with Gasteiger partial charge in [-0.15, -0.1) is 0 Å². The van der Waals surface area contributed by atoms with Crippen LogP contribution < -0.4 is 11.2 Å². The van der Waals surface area contributed by atoms with Gasteiger partial charge in [-0.25, -0.2) is 9.36 Å². The van der Waals surface area contributed by atoms with E-state index in [1.165, 1.54) is 6.20 Å². The molecule has 0 saturated carbocycles. The van der Waals surface area contributed by atoms with Gasteiger partial charge in [0.15, 0.2) is 6.23 Å². The van der Waals surface area contributed by atoms with E-state index in [2.05, 4.69) is 11.1 Å². The summed E-state index contributed by atoms with van der Waals surface area (Å²) in [7, 11) is -4.24. The number of phosphoric acid groups is 1. The first-order chi connectivity index (χ1) is 11.6. The highest BCUT2D eigenvalue weighted by atomic mass is 31.2. The zero-order valence-electron chi connectivity index (χ0n) is 14.0. The van der Waals surface area contributed by atoms with Gasteiger partial charge in [-0.1, -0.05) is 0 Å². The number of aromatic amines is 1.